The van der Waals surface area contributed by atoms with Gasteiger partial charge in [-0.3, -0.25) is 0 Å². The SMILES string of the molecule is OC(CBr)C(O)c1ccc(OC(F)(F)[C@H](F)C(F)(F)F)cc1. The summed E-state index contributed by atoms with van der Waals surface area (Å²) < 4.78 is 78.3. The van der Waals surface area contributed by atoms with Crippen molar-refractivity contribution in [3.05, 3.63) is 29.8 Å². The van der Waals surface area contributed by atoms with Gasteiger partial charge < -0.3 is 14.9 Å². The van der Waals surface area contributed by atoms with E-state index in [-0.39, 0.29) is 10.9 Å². The molecule has 1 rings (SSSR count). The van der Waals surface area contributed by atoms with Crippen LogP contribution in [0.4, 0.5) is 26.3 Å². The maximum atomic E-state index is 13.0. The Kier molecular flexibility index (Phi) is 6.10. The topological polar surface area (TPSA) is 49.7 Å². The van der Waals surface area contributed by atoms with Crippen LogP contribution in [0.25, 0.3) is 0 Å². The summed E-state index contributed by atoms with van der Waals surface area (Å²) in [5, 5.41) is 19.0. The average molecular weight is 397 g/mol. The molecule has 10 heteroatoms. The van der Waals surface area contributed by atoms with Crippen LogP contribution in [0, 0.1) is 0 Å². The lowest BCUT2D eigenvalue weighted by Gasteiger charge is -2.23. The summed E-state index contributed by atoms with van der Waals surface area (Å²) in [6.45, 7) is 0. The van der Waals surface area contributed by atoms with Gasteiger partial charge in [0.15, 0.2) is 0 Å². The fraction of sp³-hybridized carbons (Fsp3) is 0.500. The summed E-state index contributed by atoms with van der Waals surface area (Å²) in [6.07, 6.45) is -17.8. The molecular formula is C12H11BrF6O3. The molecule has 0 fully saturated rings. The molecule has 0 amide bonds. The Morgan fingerprint density at radius 2 is 1.55 bits per heavy atom. The summed E-state index contributed by atoms with van der Waals surface area (Å²) in [5.74, 6) is -0.721. The molecule has 3 atom stereocenters. The molecule has 0 bridgehead atoms. The molecule has 0 aromatic heterocycles. The van der Waals surface area contributed by atoms with Gasteiger partial charge in [-0.25, -0.2) is 4.39 Å². The van der Waals surface area contributed by atoms with Gasteiger partial charge in [-0.05, 0) is 17.7 Å². The van der Waals surface area contributed by atoms with Crippen LogP contribution in [0.1, 0.15) is 11.7 Å². The van der Waals surface area contributed by atoms with Crippen molar-refractivity contribution in [3.8, 4) is 5.75 Å². The normalized spacial score (nSPS) is 17.0. The molecular weight excluding hydrogens is 386 g/mol. The van der Waals surface area contributed by atoms with Gasteiger partial charge in [0.2, 0.25) is 0 Å². The van der Waals surface area contributed by atoms with E-state index in [4.69, 9.17) is 0 Å². The fourth-order valence-electron chi connectivity index (χ4n) is 1.44. The highest BCUT2D eigenvalue weighted by molar-refractivity contribution is 9.09. The second-order valence-electron chi connectivity index (χ2n) is 4.30. The van der Waals surface area contributed by atoms with Crippen molar-refractivity contribution in [3.63, 3.8) is 0 Å². The predicted molar refractivity (Wildman–Crippen MR) is 67.7 cm³/mol. The highest BCUT2D eigenvalue weighted by Gasteiger charge is 2.59. The Morgan fingerprint density at radius 3 is 1.95 bits per heavy atom. The molecule has 1 aromatic carbocycles. The van der Waals surface area contributed by atoms with Gasteiger partial charge in [0.1, 0.15) is 11.9 Å². The molecule has 0 aliphatic rings. The number of halogens is 7. The third kappa shape index (κ3) is 4.75. The molecule has 2 unspecified atom stereocenters. The minimum absolute atomic E-state index is 0.0413. The highest BCUT2D eigenvalue weighted by Crippen LogP contribution is 2.36. The first-order valence-corrected chi connectivity index (χ1v) is 6.91. The number of hydrogen-bond donors (Lipinski definition) is 2. The Hall–Kier alpha value is -1.00. The molecule has 0 saturated heterocycles. The van der Waals surface area contributed by atoms with E-state index in [2.05, 4.69) is 20.7 Å². The summed E-state index contributed by atoms with van der Waals surface area (Å²) >= 11 is 2.92. The van der Waals surface area contributed by atoms with Crippen LogP contribution >= 0.6 is 15.9 Å². The van der Waals surface area contributed by atoms with Crippen molar-refractivity contribution < 1.29 is 41.3 Å². The molecule has 22 heavy (non-hydrogen) atoms. The number of aliphatic hydroxyl groups is 2. The quantitative estimate of drug-likeness (QED) is 0.572. The largest absolute Gasteiger partial charge is 0.439 e. The maximum absolute atomic E-state index is 13.0. The lowest BCUT2D eigenvalue weighted by atomic mass is 10.1. The third-order valence-corrected chi connectivity index (χ3v) is 3.24. The van der Waals surface area contributed by atoms with Crippen LogP contribution in [-0.4, -0.2) is 40.1 Å². The molecule has 0 aliphatic heterocycles. The number of aliphatic hydroxyl groups excluding tert-OH is 2. The number of benzene rings is 1. The summed E-state index contributed by atoms with van der Waals surface area (Å²) in [4.78, 5) is 0. The molecule has 3 nitrogen and oxygen atoms in total. The Balaban J connectivity index is 2.84. The van der Waals surface area contributed by atoms with Crippen molar-refractivity contribution in [2.24, 2.45) is 0 Å². The summed E-state index contributed by atoms with van der Waals surface area (Å²) in [7, 11) is 0. The first-order valence-electron chi connectivity index (χ1n) is 5.78. The van der Waals surface area contributed by atoms with Crippen molar-refractivity contribution in [2.75, 3.05) is 5.33 Å². The van der Waals surface area contributed by atoms with E-state index >= 15 is 0 Å². The smallest absolute Gasteiger partial charge is 0.430 e. The van der Waals surface area contributed by atoms with E-state index in [1.54, 1.807) is 0 Å². The lowest BCUT2D eigenvalue weighted by Crippen LogP contribution is -2.45. The Morgan fingerprint density at radius 1 is 1.05 bits per heavy atom. The predicted octanol–water partition coefficient (Wildman–Crippen LogP) is 3.35. The van der Waals surface area contributed by atoms with E-state index in [0.29, 0.717) is 0 Å². The van der Waals surface area contributed by atoms with Crippen LogP contribution in [0.3, 0.4) is 0 Å². The van der Waals surface area contributed by atoms with Crippen molar-refractivity contribution in [1.82, 2.24) is 0 Å². The van der Waals surface area contributed by atoms with Crippen molar-refractivity contribution >= 4 is 15.9 Å². The van der Waals surface area contributed by atoms with E-state index < -0.39 is 36.4 Å². The summed E-state index contributed by atoms with van der Waals surface area (Å²) in [6, 6.07) is 3.78. The van der Waals surface area contributed by atoms with Gasteiger partial charge in [0.05, 0.1) is 6.10 Å². The Labute approximate surface area is 129 Å². The monoisotopic (exact) mass is 396 g/mol. The molecule has 126 valence electrons. The standard InChI is InChI=1S/C12H11BrF6O3/c13-5-8(20)9(21)6-1-3-7(4-2-6)22-12(18,19)10(14)11(15,16)17/h1-4,8-10,20-21H,5H2/t8?,9?,10-/m1/s1. The first kappa shape index (κ1) is 19.0. The van der Waals surface area contributed by atoms with E-state index in [9.17, 15) is 36.6 Å². The van der Waals surface area contributed by atoms with Crippen LogP contribution in [0.5, 0.6) is 5.75 Å². The molecule has 0 saturated carbocycles. The maximum Gasteiger partial charge on any atom is 0.439 e. The second-order valence-corrected chi connectivity index (χ2v) is 4.95. The van der Waals surface area contributed by atoms with Crippen molar-refractivity contribution in [1.29, 1.82) is 0 Å². The Bertz CT molecular complexity index is 479. The third-order valence-electron chi connectivity index (χ3n) is 2.58. The van der Waals surface area contributed by atoms with Crippen LogP contribution in [0.2, 0.25) is 0 Å². The second kappa shape index (κ2) is 7.05. The van der Waals surface area contributed by atoms with Gasteiger partial charge >= 0.3 is 12.3 Å². The zero-order valence-corrected chi connectivity index (χ0v) is 12.3. The molecule has 1 aromatic rings. The van der Waals surface area contributed by atoms with Crippen LogP contribution < -0.4 is 4.74 Å². The van der Waals surface area contributed by atoms with E-state index in [1.165, 1.54) is 0 Å². The molecule has 2 N–H and O–H groups in total. The van der Waals surface area contributed by atoms with Gasteiger partial charge in [-0.15, -0.1) is 0 Å². The number of hydrogen-bond acceptors (Lipinski definition) is 3. The van der Waals surface area contributed by atoms with Crippen molar-refractivity contribution in [2.45, 2.75) is 30.7 Å². The lowest BCUT2D eigenvalue weighted by molar-refractivity contribution is -0.304. The van der Waals surface area contributed by atoms with Gasteiger partial charge in [0, 0.05) is 5.33 Å². The molecule has 0 spiro atoms. The zero-order chi connectivity index (χ0) is 17.1. The number of rotatable bonds is 6. The van der Waals surface area contributed by atoms with Crippen LogP contribution in [-0.2, 0) is 0 Å². The van der Waals surface area contributed by atoms with Gasteiger partial charge in [-0.1, -0.05) is 28.1 Å². The summed E-state index contributed by atoms with van der Waals surface area (Å²) in [5.41, 5.74) is 0.121. The van der Waals surface area contributed by atoms with E-state index in [0.717, 1.165) is 24.3 Å². The number of ether oxygens (including phenoxy) is 1. The fourth-order valence-corrected chi connectivity index (χ4v) is 1.79. The molecule has 0 aliphatic carbocycles. The number of alkyl halides is 7. The first-order chi connectivity index (χ1) is 9.99. The van der Waals surface area contributed by atoms with Gasteiger partial charge in [-0.2, -0.15) is 22.0 Å². The van der Waals surface area contributed by atoms with Gasteiger partial charge in [0.25, 0.3) is 6.17 Å². The molecule has 0 heterocycles. The highest BCUT2D eigenvalue weighted by atomic mass is 79.9. The minimum atomic E-state index is -5.76. The minimum Gasteiger partial charge on any atom is -0.430 e. The van der Waals surface area contributed by atoms with E-state index in [1.807, 2.05) is 0 Å². The molecule has 0 radical (unpaired) electrons. The van der Waals surface area contributed by atoms with Crippen LogP contribution in [0.15, 0.2) is 24.3 Å². The average Bonchev–Trinajstić information content (AvgIpc) is 2.44. The zero-order valence-electron chi connectivity index (χ0n) is 10.7.